The van der Waals surface area contributed by atoms with E-state index in [9.17, 15) is 14.4 Å². The Hall–Kier alpha value is -2.08. The van der Waals surface area contributed by atoms with E-state index >= 15 is 0 Å². The van der Waals surface area contributed by atoms with Crippen molar-refractivity contribution in [1.29, 1.82) is 0 Å². The first-order valence-electron chi connectivity index (χ1n) is 7.92. The molecule has 0 aromatic heterocycles. The number of hydrogen-bond acceptors (Lipinski definition) is 4. The first-order chi connectivity index (χ1) is 11.4. The summed E-state index contributed by atoms with van der Waals surface area (Å²) in [5.74, 6) is -0.926. The molecule has 0 bridgehead atoms. The van der Waals surface area contributed by atoms with Gasteiger partial charge < -0.3 is 15.4 Å². The Morgan fingerprint density at radius 1 is 1.21 bits per heavy atom. The van der Waals surface area contributed by atoms with Crippen LogP contribution in [0.15, 0.2) is 24.3 Å². The lowest BCUT2D eigenvalue weighted by Gasteiger charge is -2.08. The molecule has 0 aliphatic rings. The van der Waals surface area contributed by atoms with Gasteiger partial charge in [-0.2, -0.15) is 0 Å². The van der Waals surface area contributed by atoms with Crippen LogP contribution in [-0.2, 0) is 14.3 Å². The van der Waals surface area contributed by atoms with Crippen molar-refractivity contribution >= 4 is 35.1 Å². The maximum Gasteiger partial charge on any atom is 0.338 e. The zero-order valence-corrected chi connectivity index (χ0v) is 14.7. The number of halogens is 1. The van der Waals surface area contributed by atoms with E-state index in [2.05, 4.69) is 10.6 Å². The van der Waals surface area contributed by atoms with Crippen molar-refractivity contribution in [3.63, 3.8) is 0 Å². The smallest absolute Gasteiger partial charge is 0.338 e. The Labute approximate surface area is 146 Å². The van der Waals surface area contributed by atoms with Gasteiger partial charge in [0.05, 0.1) is 12.2 Å². The molecule has 0 aliphatic carbocycles. The van der Waals surface area contributed by atoms with Crippen molar-refractivity contribution in [2.45, 2.75) is 38.5 Å². The Kier molecular flexibility index (Phi) is 8.86. The lowest BCUT2D eigenvalue weighted by Crippen LogP contribution is -2.32. The van der Waals surface area contributed by atoms with Gasteiger partial charge in [0.1, 0.15) is 5.38 Å². The fourth-order valence-corrected chi connectivity index (χ4v) is 1.82. The summed E-state index contributed by atoms with van der Waals surface area (Å²) in [6.07, 6.45) is 1.93. The highest BCUT2D eigenvalue weighted by Crippen LogP contribution is 2.11. The number of ether oxygens (including phenoxy) is 1. The third-order valence-electron chi connectivity index (χ3n) is 3.15. The van der Waals surface area contributed by atoms with E-state index in [1.807, 2.05) is 6.92 Å². The lowest BCUT2D eigenvalue weighted by atomic mass is 10.2. The molecular formula is C17H23ClN2O4. The highest BCUT2D eigenvalue weighted by atomic mass is 35.5. The summed E-state index contributed by atoms with van der Waals surface area (Å²) >= 11 is 5.60. The largest absolute Gasteiger partial charge is 0.462 e. The lowest BCUT2D eigenvalue weighted by molar-refractivity contribution is -0.120. The van der Waals surface area contributed by atoms with E-state index in [4.69, 9.17) is 16.3 Å². The summed E-state index contributed by atoms with van der Waals surface area (Å²) in [5.41, 5.74) is 1.01. The number of esters is 1. The van der Waals surface area contributed by atoms with Crippen LogP contribution in [0, 0.1) is 0 Å². The number of benzene rings is 1. The van der Waals surface area contributed by atoms with Gasteiger partial charge in [0.25, 0.3) is 0 Å². The highest BCUT2D eigenvalue weighted by molar-refractivity contribution is 6.30. The molecule has 1 aromatic carbocycles. The number of unbranched alkanes of at least 4 members (excludes halogenated alkanes) is 1. The number of rotatable bonds is 9. The van der Waals surface area contributed by atoms with Crippen molar-refractivity contribution in [3.05, 3.63) is 29.8 Å². The predicted molar refractivity (Wildman–Crippen MR) is 93.2 cm³/mol. The summed E-state index contributed by atoms with van der Waals surface area (Å²) in [7, 11) is 0. The number of carbonyl (C=O) groups excluding carboxylic acids is 3. The third-order valence-corrected chi connectivity index (χ3v) is 3.35. The number of anilines is 1. The van der Waals surface area contributed by atoms with E-state index in [1.54, 1.807) is 31.2 Å². The van der Waals surface area contributed by atoms with Gasteiger partial charge in [0.15, 0.2) is 0 Å². The van der Waals surface area contributed by atoms with E-state index in [-0.39, 0.29) is 30.7 Å². The van der Waals surface area contributed by atoms with E-state index in [0.717, 1.165) is 12.8 Å². The minimum absolute atomic E-state index is 0.135. The fraction of sp³-hybridized carbons (Fsp3) is 0.471. The van der Waals surface area contributed by atoms with Crippen molar-refractivity contribution in [2.24, 2.45) is 0 Å². The van der Waals surface area contributed by atoms with Gasteiger partial charge >= 0.3 is 5.97 Å². The Morgan fingerprint density at radius 3 is 2.46 bits per heavy atom. The van der Waals surface area contributed by atoms with Gasteiger partial charge in [0, 0.05) is 18.7 Å². The van der Waals surface area contributed by atoms with Gasteiger partial charge in [0.2, 0.25) is 11.8 Å². The summed E-state index contributed by atoms with van der Waals surface area (Å²) < 4.78 is 5.11. The van der Waals surface area contributed by atoms with Crippen LogP contribution < -0.4 is 10.6 Å². The topological polar surface area (TPSA) is 84.5 Å². The second kappa shape index (κ2) is 10.6. The average molecular weight is 355 g/mol. The summed E-state index contributed by atoms with van der Waals surface area (Å²) in [4.78, 5) is 34.8. The summed E-state index contributed by atoms with van der Waals surface area (Å²) in [6, 6.07) is 6.46. The van der Waals surface area contributed by atoms with E-state index in [1.165, 1.54) is 0 Å². The second-order valence-corrected chi connectivity index (χ2v) is 5.93. The number of alkyl halides is 1. The number of hydrogen-bond donors (Lipinski definition) is 2. The van der Waals surface area contributed by atoms with E-state index in [0.29, 0.717) is 17.9 Å². The molecule has 0 unspecified atom stereocenters. The van der Waals surface area contributed by atoms with Crippen LogP contribution in [0.4, 0.5) is 5.69 Å². The molecule has 0 saturated carbocycles. The van der Waals surface area contributed by atoms with Crippen molar-refractivity contribution in [3.8, 4) is 0 Å². The molecule has 0 radical (unpaired) electrons. The third kappa shape index (κ3) is 7.46. The predicted octanol–water partition coefficient (Wildman–Crippen LogP) is 2.72. The molecule has 7 heteroatoms. The number of amides is 2. The SMILES string of the molecule is CCCCOC(=O)c1ccc(NC(=O)CCNC(=O)[C@H](C)Cl)cc1. The molecule has 0 heterocycles. The van der Waals surface area contributed by atoms with Crippen LogP contribution in [0.3, 0.4) is 0 Å². The molecule has 1 rings (SSSR count). The summed E-state index contributed by atoms with van der Waals surface area (Å²) in [5, 5.41) is 4.62. The van der Waals surface area contributed by atoms with Crippen LogP contribution >= 0.6 is 11.6 Å². The summed E-state index contributed by atoms with van der Waals surface area (Å²) in [6.45, 7) is 4.20. The first-order valence-corrected chi connectivity index (χ1v) is 8.36. The van der Waals surface area contributed by atoms with Crippen molar-refractivity contribution in [2.75, 3.05) is 18.5 Å². The zero-order chi connectivity index (χ0) is 17.9. The quantitative estimate of drug-likeness (QED) is 0.405. The molecule has 2 amide bonds. The van der Waals surface area contributed by atoms with Gasteiger partial charge in [-0.1, -0.05) is 13.3 Å². The van der Waals surface area contributed by atoms with Crippen LogP contribution in [0.2, 0.25) is 0 Å². The molecule has 2 N–H and O–H groups in total. The monoisotopic (exact) mass is 354 g/mol. The van der Waals surface area contributed by atoms with Crippen molar-refractivity contribution in [1.82, 2.24) is 5.32 Å². The number of nitrogens with one attached hydrogen (secondary N) is 2. The first kappa shape index (κ1) is 20.0. The van der Waals surface area contributed by atoms with Crippen LogP contribution in [0.25, 0.3) is 0 Å². The maximum absolute atomic E-state index is 11.8. The average Bonchev–Trinajstić information content (AvgIpc) is 2.55. The second-order valence-electron chi connectivity index (χ2n) is 5.27. The molecule has 0 aliphatic heterocycles. The Bertz CT molecular complexity index is 558. The maximum atomic E-state index is 11.8. The van der Waals surface area contributed by atoms with Gasteiger partial charge in [-0.3, -0.25) is 9.59 Å². The van der Waals surface area contributed by atoms with Crippen LogP contribution in [-0.4, -0.2) is 36.3 Å². The van der Waals surface area contributed by atoms with E-state index < -0.39 is 5.38 Å². The molecule has 24 heavy (non-hydrogen) atoms. The van der Waals surface area contributed by atoms with Gasteiger partial charge in [-0.25, -0.2) is 4.79 Å². The number of carbonyl (C=O) groups is 3. The van der Waals surface area contributed by atoms with Crippen LogP contribution in [0.5, 0.6) is 0 Å². The minimum Gasteiger partial charge on any atom is -0.462 e. The molecular weight excluding hydrogens is 332 g/mol. The van der Waals surface area contributed by atoms with Gasteiger partial charge in [-0.05, 0) is 37.6 Å². The fourth-order valence-electron chi connectivity index (χ4n) is 1.75. The molecule has 132 valence electrons. The standard InChI is InChI=1S/C17H23ClN2O4/c1-3-4-11-24-17(23)13-5-7-14(8-6-13)20-15(21)9-10-19-16(22)12(2)18/h5-8,12H,3-4,9-11H2,1-2H3,(H,19,22)(H,20,21)/t12-/m0/s1. The van der Waals surface area contributed by atoms with Crippen LogP contribution in [0.1, 0.15) is 43.5 Å². The molecule has 6 nitrogen and oxygen atoms in total. The van der Waals surface area contributed by atoms with Gasteiger partial charge in [-0.15, -0.1) is 11.6 Å². The Morgan fingerprint density at radius 2 is 1.88 bits per heavy atom. The molecule has 0 fully saturated rings. The highest BCUT2D eigenvalue weighted by Gasteiger charge is 2.10. The zero-order valence-electron chi connectivity index (χ0n) is 13.9. The Balaban J connectivity index is 2.39. The minimum atomic E-state index is -0.627. The molecule has 0 spiro atoms. The molecule has 1 atom stereocenters. The molecule has 0 saturated heterocycles. The molecule has 1 aromatic rings. The normalized spacial score (nSPS) is 11.5. The van der Waals surface area contributed by atoms with Crippen molar-refractivity contribution < 1.29 is 19.1 Å².